The summed E-state index contributed by atoms with van der Waals surface area (Å²) in [6.07, 6.45) is 1.63. The van der Waals surface area contributed by atoms with E-state index in [0.717, 1.165) is 22.7 Å². The Kier molecular flexibility index (Phi) is 7.36. The average Bonchev–Trinajstić information content (AvgIpc) is 3.20. The fraction of sp³-hybridized carbons (Fsp3) is 0.333. The molecule has 0 aliphatic carbocycles. The number of carbonyl (C=O) groups is 1. The van der Waals surface area contributed by atoms with E-state index in [0.29, 0.717) is 17.1 Å². The molecule has 0 saturated heterocycles. The predicted molar refractivity (Wildman–Crippen MR) is 124 cm³/mol. The van der Waals surface area contributed by atoms with Crippen molar-refractivity contribution in [2.45, 2.75) is 25.8 Å². The van der Waals surface area contributed by atoms with Crippen molar-refractivity contribution in [2.75, 3.05) is 27.7 Å². The maximum Gasteiger partial charge on any atom is 0.254 e. The largest absolute Gasteiger partial charge is 0.497 e. The standard InChI is InChI=1S/C24H29ClN4O2/c1-16(2)23-21(14-27-29(23)19-11-9-18(25)10-12-19)24(30)26-15-22(28(3)4)17-7-6-8-20(13-17)31-5/h6-14,16,22H,15H2,1-5H3,(H,26,30). The van der Waals surface area contributed by atoms with E-state index in [1.54, 1.807) is 18.0 Å². The number of nitrogens with zero attached hydrogens (tertiary/aromatic N) is 3. The van der Waals surface area contributed by atoms with Gasteiger partial charge in [-0.3, -0.25) is 4.79 Å². The van der Waals surface area contributed by atoms with Crippen molar-refractivity contribution < 1.29 is 9.53 Å². The highest BCUT2D eigenvalue weighted by molar-refractivity contribution is 6.30. The minimum absolute atomic E-state index is 0.00728. The van der Waals surface area contributed by atoms with Crippen LogP contribution in [0.2, 0.25) is 5.02 Å². The van der Waals surface area contributed by atoms with Crippen LogP contribution in [0.4, 0.5) is 0 Å². The smallest absolute Gasteiger partial charge is 0.254 e. The molecule has 31 heavy (non-hydrogen) atoms. The first-order valence-electron chi connectivity index (χ1n) is 10.2. The number of carbonyl (C=O) groups excluding carboxylic acids is 1. The van der Waals surface area contributed by atoms with Crippen LogP contribution in [0.5, 0.6) is 5.75 Å². The molecule has 0 aliphatic heterocycles. The molecule has 3 aromatic rings. The number of hydrogen-bond donors (Lipinski definition) is 1. The third kappa shape index (κ3) is 5.27. The minimum atomic E-state index is -0.140. The van der Waals surface area contributed by atoms with Gasteiger partial charge in [0.05, 0.1) is 36.3 Å². The molecule has 0 fully saturated rings. The molecule has 6 nitrogen and oxygen atoms in total. The Balaban J connectivity index is 1.83. The summed E-state index contributed by atoms with van der Waals surface area (Å²) < 4.78 is 7.16. The van der Waals surface area contributed by atoms with Gasteiger partial charge in [0.15, 0.2) is 0 Å². The molecule has 0 saturated carbocycles. The summed E-state index contributed by atoms with van der Waals surface area (Å²) in [5, 5.41) is 8.24. The Hall–Kier alpha value is -2.83. The predicted octanol–water partition coefficient (Wildman–Crippen LogP) is 4.69. The lowest BCUT2D eigenvalue weighted by atomic mass is 10.0. The molecule has 164 valence electrons. The van der Waals surface area contributed by atoms with E-state index in [1.807, 2.05) is 62.6 Å². The van der Waals surface area contributed by atoms with Gasteiger partial charge in [0.2, 0.25) is 0 Å². The molecule has 1 unspecified atom stereocenters. The number of amides is 1. The molecule has 1 heterocycles. The van der Waals surface area contributed by atoms with Crippen molar-refractivity contribution >= 4 is 17.5 Å². The van der Waals surface area contributed by atoms with Gasteiger partial charge in [0.25, 0.3) is 5.91 Å². The van der Waals surface area contributed by atoms with Gasteiger partial charge < -0.3 is 15.0 Å². The lowest BCUT2D eigenvalue weighted by Crippen LogP contribution is -2.35. The number of rotatable bonds is 8. The van der Waals surface area contributed by atoms with Crippen LogP contribution >= 0.6 is 11.6 Å². The third-order valence-electron chi connectivity index (χ3n) is 5.23. The van der Waals surface area contributed by atoms with Gasteiger partial charge in [-0.25, -0.2) is 4.68 Å². The Morgan fingerprint density at radius 3 is 2.52 bits per heavy atom. The van der Waals surface area contributed by atoms with E-state index in [2.05, 4.69) is 29.2 Å². The Bertz CT molecular complexity index is 1030. The van der Waals surface area contributed by atoms with Crippen molar-refractivity contribution in [2.24, 2.45) is 0 Å². The number of methoxy groups -OCH3 is 1. The van der Waals surface area contributed by atoms with Crippen LogP contribution in [0.25, 0.3) is 5.69 Å². The van der Waals surface area contributed by atoms with E-state index in [1.165, 1.54) is 0 Å². The van der Waals surface area contributed by atoms with Crippen LogP contribution in [0.3, 0.4) is 0 Å². The second kappa shape index (κ2) is 9.98. The van der Waals surface area contributed by atoms with Gasteiger partial charge in [-0.1, -0.05) is 37.6 Å². The molecule has 1 N–H and O–H groups in total. The second-order valence-electron chi connectivity index (χ2n) is 7.95. The maximum atomic E-state index is 13.1. The molecule has 2 aromatic carbocycles. The zero-order valence-electron chi connectivity index (χ0n) is 18.6. The van der Waals surface area contributed by atoms with Crippen LogP contribution in [0.1, 0.15) is 47.4 Å². The monoisotopic (exact) mass is 440 g/mol. The van der Waals surface area contributed by atoms with Crippen LogP contribution in [0, 0.1) is 0 Å². The molecule has 0 bridgehead atoms. The molecule has 0 radical (unpaired) electrons. The molecule has 0 aliphatic rings. The molecule has 1 aromatic heterocycles. The number of ether oxygens (including phenoxy) is 1. The number of aromatic nitrogens is 2. The topological polar surface area (TPSA) is 59.4 Å². The van der Waals surface area contributed by atoms with Gasteiger partial charge in [0, 0.05) is 11.6 Å². The summed E-state index contributed by atoms with van der Waals surface area (Å²) >= 11 is 6.02. The lowest BCUT2D eigenvalue weighted by Gasteiger charge is -2.25. The first-order valence-corrected chi connectivity index (χ1v) is 10.6. The molecule has 1 atom stereocenters. The van der Waals surface area contributed by atoms with Crippen molar-refractivity contribution in [3.63, 3.8) is 0 Å². The Labute approximate surface area is 188 Å². The molecule has 7 heteroatoms. The Morgan fingerprint density at radius 2 is 1.90 bits per heavy atom. The highest BCUT2D eigenvalue weighted by atomic mass is 35.5. The molecular weight excluding hydrogens is 412 g/mol. The maximum absolute atomic E-state index is 13.1. The van der Waals surface area contributed by atoms with Gasteiger partial charge >= 0.3 is 0 Å². The molecular formula is C24H29ClN4O2. The van der Waals surface area contributed by atoms with E-state index in [9.17, 15) is 4.79 Å². The van der Waals surface area contributed by atoms with Crippen molar-refractivity contribution in [1.82, 2.24) is 20.0 Å². The van der Waals surface area contributed by atoms with E-state index in [-0.39, 0.29) is 17.9 Å². The summed E-state index contributed by atoms with van der Waals surface area (Å²) in [5.74, 6) is 0.766. The average molecular weight is 441 g/mol. The summed E-state index contributed by atoms with van der Waals surface area (Å²) in [7, 11) is 5.64. The van der Waals surface area contributed by atoms with Crippen molar-refractivity contribution in [3.05, 3.63) is 76.6 Å². The zero-order valence-corrected chi connectivity index (χ0v) is 19.3. The number of benzene rings is 2. The number of halogens is 1. The van der Waals surface area contributed by atoms with Gasteiger partial charge in [-0.2, -0.15) is 5.10 Å². The van der Waals surface area contributed by atoms with Crippen molar-refractivity contribution in [1.29, 1.82) is 0 Å². The summed E-state index contributed by atoms with van der Waals surface area (Å²) in [6, 6.07) is 15.3. The fourth-order valence-electron chi connectivity index (χ4n) is 3.61. The Morgan fingerprint density at radius 1 is 1.19 bits per heavy atom. The van der Waals surface area contributed by atoms with E-state index < -0.39 is 0 Å². The highest BCUT2D eigenvalue weighted by Gasteiger charge is 2.22. The molecule has 0 spiro atoms. The minimum Gasteiger partial charge on any atom is -0.497 e. The van der Waals surface area contributed by atoms with Crippen LogP contribution < -0.4 is 10.1 Å². The highest BCUT2D eigenvalue weighted by Crippen LogP contribution is 2.25. The first kappa shape index (κ1) is 22.8. The summed E-state index contributed by atoms with van der Waals surface area (Å²) in [6.45, 7) is 4.57. The van der Waals surface area contributed by atoms with Crippen LogP contribution in [-0.4, -0.2) is 48.3 Å². The molecule has 3 rings (SSSR count). The number of hydrogen-bond acceptors (Lipinski definition) is 4. The first-order chi connectivity index (χ1) is 14.8. The van der Waals surface area contributed by atoms with Gasteiger partial charge in [-0.05, 0) is 62.0 Å². The quantitative estimate of drug-likeness (QED) is 0.552. The van der Waals surface area contributed by atoms with Crippen molar-refractivity contribution in [3.8, 4) is 11.4 Å². The third-order valence-corrected chi connectivity index (χ3v) is 5.48. The van der Waals surface area contributed by atoms with Gasteiger partial charge in [-0.15, -0.1) is 0 Å². The SMILES string of the molecule is COc1cccc(C(CNC(=O)c2cnn(-c3ccc(Cl)cc3)c2C(C)C)N(C)C)c1. The van der Waals surface area contributed by atoms with E-state index in [4.69, 9.17) is 16.3 Å². The fourth-order valence-corrected chi connectivity index (χ4v) is 3.73. The van der Waals surface area contributed by atoms with E-state index >= 15 is 0 Å². The van der Waals surface area contributed by atoms with Crippen LogP contribution in [0.15, 0.2) is 54.7 Å². The normalized spacial score (nSPS) is 12.3. The number of likely N-dealkylation sites (N-methyl/N-ethyl adjacent to an activating group) is 1. The second-order valence-corrected chi connectivity index (χ2v) is 8.39. The lowest BCUT2D eigenvalue weighted by molar-refractivity contribution is 0.0940. The van der Waals surface area contributed by atoms with Crippen LogP contribution in [-0.2, 0) is 0 Å². The summed E-state index contributed by atoms with van der Waals surface area (Å²) in [4.78, 5) is 15.2. The summed E-state index contributed by atoms with van der Waals surface area (Å²) in [5.41, 5.74) is 3.39. The zero-order chi connectivity index (χ0) is 22.5. The van der Waals surface area contributed by atoms with Gasteiger partial charge in [0.1, 0.15) is 5.75 Å². The molecule has 1 amide bonds. The number of nitrogens with one attached hydrogen (secondary N) is 1.